The monoisotopic (exact) mass is 555 g/mol. The molecule has 0 fully saturated rings. The summed E-state index contributed by atoms with van der Waals surface area (Å²) in [7, 11) is 0. The van der Waals surface area contributed by atoms with Gasteiger partial charge < -0.3 is 20.1 Å². The molecule has 1 aliphatic carbocycles. The maximum absolute atomic E-state index is 13.8. The molecule has 0 saturated carbocycles. The number of hydrogen-bond acceptors (Lipinski definition) is 6. The Bertz CT molecular complexity index is 1720. The molecule has 0 bridgehead atoms. The van der Waals surface area contributed by atoms with Gasteiger partial charge in [-0.2, -0.15) is 9.50 Å². The minimum Gasteiger partial charge on any atom is -0.481 e. The Hall–Kier alpha value is -4.57. The standard InChI is InChI=1S/C31H33N5O5/c1-18-5-15-24(16-6-18)32-25(37)17-35-19(2)26(20-7-9-22(10-8-20)29(39)40)28(38)36-30(35)33-27(34-36)21-11-13-23(14-12-21)31(3,4)41/h5-7,11-16,22,41H,8-10,17H2,1-4H3,(H,32,37)(H,39,40). The van der Waals surface area contributed by atoms with Crippen molar-refractivity contribution in [3.05, 3.63) is 87.3 Å². The van der Waals surface area contributed by atoms with Gasteiger partial charge in [0.25, 0.3) is 5.56 Å². The van der Waals surface area contributed by atoms with E-state index in [1.165, 1.54) is 4.52 Å². The zero-order valence-electron chi connectivity index (χ0n) is 23.5. The summed E-state index contributed by atoms with van der Waals surface area (Å²) in [5.41, 5.74) is 3.40. The van der Waals surface area contributed by atoms with E-state index in [9.17, 15) is 24.6 Å². The highest BCUT2D eigenvalue weighted by Gasteiger charge is 2.27. The van der Waals surface area contributed by atoms with E-state index < -0.39 is 17.5 Å². The van der Waals surface area contributed by atoms with Crippen LogP contribution < -0.4 is 10.9 Å². The number of carboxylic acid groups (broad SMARTS) is 1. The largest absolute Gasteiger partial charge is 0.481 e. The van der Waals surface area contributed by atoms with Crippen LogP contribution in [0.15, 0.2) is 59.4 Å². The SMILES string of the molecule is Cc1ccc(NC(=O)Cn2c(C)c(C3=CCC(C(=O)O)CC3)c(=O)n3nc(-c4ccc(C(C)(C)O)cc4)nc23)cc1. The van der Waals surface area contributed by atoms with Gasteiger partial charge in [-0.15, -0.1) is 5.10 Å². The summed E-state index contributed by atoms with van der Waals surface area (Å²) in [5, 5.41) is 27.2. The van der Waals surface area contributed by atoms with Crippen molar-refractivity contribution in [1.29, 1.82) is 0 Å². The molecule has 2 aromatic carbocycles. The quantitative estimate of drug-likeness (QED) is 0.309. The van der Waals surface area contributed by atoms with Crippen molar-refractivity contribution in [3.8, 4) is 11.4 Å². The van der Waals surface area contributed by atoms with Crippen molar-refractivity contribution in [2.45, 2.75) is 59.1 Å². The Morgan fingerprint density at radius 3 is 2.34 bits per heavy atom. The molecule has 1 aliphatic rings. The van der Waals surface area contributed by atoms with Crippen LogP contribution in [0.1, 0.15) is 55.5 Å². The van der Waals surface area contributed by atoms with E-state index in [1.807, 2.05) is 37.3 Å². The minimum atomic E-state index is -1.01. The molecule has 212 valence electrons. The first-order valence-corrected chi connectivity index (χ1v) is 13.5. The Labute approximate surface area is 237 Å². The molecule has 1 amide bonds. The molecule has 41 heavy (non-hydrogen) atoms. The van der Waals surface area contributed by atoms with Crippen molar-refractivity contribution in [2.75, 3.05) is 5.32 Å². The molecule has 0 saturated heterocycles. The first-order valence-electron chi connectivity index (χ1n) is 13.5. The van der Waals surface area contributed by atoms with Crippen molar-refractivity contribution in [3.63, 3.8) is 0 Å². The molecule has 3 N–H and O–H groups in total. The molecule has 5 rings (SSSR count). The van der Waals surface area contributed by atoms with Crippen molar-refractivity contribution >= 4 is 28.9 Å². The molecule has 1 unspecified atom stereocenters. The fourth-order valence-electron chi connectivity index (χ4n) is 5.14. The van der Waals surface area contributed by atoms with Crippen LogP contribution in [-0.2, 0) is 21.7 Å². The second-order valence-electron chi connectivity index (χ2n) is 11.1. The van der Waals surface area contributed by atoms with E-state index in [0.717, 1.165) is 16.7 Å². The third kappa shape index (κ3) is 5.69. The number of nitrogens with zero attached hydrogens (tertiary/aromatic N) is 4. The molecule has 4 aromatic rings. The van der Waals surface area contributed by atoms with Crippen molar-refractivity contribution < 1.29 is 19.8 Å². The molecule has 10 nitrogen and oxygen atoms in total. The normalized spacial score (nSPS) is 15.5. The number of benzene rings is 2. The van der Waals surface area contributed by atoms with Gasteiger partial charge in [0.2, 0.25) is 11.7 Å². The highest BCUT2D eigenvalue weighted by Crippen LogP contribution is 2.31. The zero-order chi connectivity index (χ0) is 29.5. The topological polar surface area (TPSA) is 139 Å². The second-order valence-corrected chi connectivity index (χ2v) is 11.1. The Kier molecular flexibility index (Phi) is 7.35. The number of rotatable bonds is 7. The number of nitrogens with one attached hydrogen (secondary N) is 1. The molecule has 0 radical (unpaired) electrons. The van der Waals surface area contributed by atoms with E-state index in [0.29, 0.717) is 47.6 Å². The number of amides is 1. The maximum Gasteiger partial charge on any atom is 0.306 e. The van der Waals surface area contributed by atoms with Crippen LogP contribution >= 0.6 is 0 Å². The van der Waals surface area contributed by atoms with Gasteiger partial charge in [-0.05, 0) is 70.2 Å². The fourth-order valence-corrected chi connectivity index (χ4v) is 5.14. The van der Waals surface area contributed by atoms with Crippen LogP contribution in [0.3, 0.4) is 0 Å². The summed E-state index contributed by atoms with van der Waals surface area (Å²) < 4.78 is 2.89. The number of aliphatic carboxylic acids is 1. The number of hydrogen-bond donors (Lipinski definition) is 3. The molecular formula is C31H33N5O5. The van der Waals surface area contributed by atoms with Crippen molar-refractivity contribution in [2.24, 2.45) is 5.92 Å². The molecule has 1 atom stereocenters. The average molecular weight is 556 g/mol. The second kappa shape index (κ2) is 10.8. The van der Waals surface area contributed by atoms with E-state index >= 15 is 0 Å². The molecular weight excluding hydrogens is 522 g/mol. The summed E-state index contributed by atoms with van der Waals surface area (Å²) in [6.07, 6.45) is 2.98. The van der Waals surface area contributed by atoms with Crippen LogP contribution in [0.2, 0.25) is 0 Å². The van der Waals surface area contributed by atoms with Gasteiger partial charge in [0.15, 0.2) is 5.82 Å². The van der Waals surface area contributed by atoms with Gasteiger partial charge in [0.1, 0.15) is 6.54 Å². The molecule has 10 heteroatoms. The van der Waals surface area contributed by atoms with Crippen molar-refractivity contribution in [1.82, 2.24) is 19.2 Å². The average Bonchev–Trinajstić information content (AvgIpc) is 3.38. The van der Waals surface area contributed by atoms with Crippen LogP contribution in [-0.4, -0.2) is 41.3 Å². The predicted octanol–water partition coefficient (Wildman–Crippen LogP) is 4.31. The summed E-state index contributed by atoms with van der Waals surface area (Å²) in [6.45, 7) is 7.02. The summed E-state index contributed by atoms with van der Waals surface area (Å²) in [5.74, 6) is -1.12. The van der Waals surface area contributed by atoms with E-state index in [4.69, 9.17) is 0 Å². The van der Waals surface area contributed by atoms with E-state index in [1.54, 1.807) is 49.6 Å². The van der Waals surface area contributed by atoms with Gasteiger partial charge in [-0.25, -0.2) is 0 Å². The lowest BCUT2D eigenvalue weighted by atomic mass is 9.86. The number of aromatic nitrogens is 4. The Morgan fingerprint density at radius 2 is 1.76 bits per heavy atom. The first-order chi connectivity index (χ1) is 19.4. The minimum absolute atomic E-state index is 0.114. The molecule has 0 spiro atoms. The highest BCUT2D eigenvalue weighted by molar-refractivity contribution is 5.91. The predicted molar refractivity (Wildman–Crippen MR) is 155 cm³/mol. The highest BCUT2D eigenvalue weighted by atomic mass is 16.4. The van der Waals surface area contributed by atoms with Gasteiger partial charge in [0.05, 0.1) is 17.1 Å². The van der Waals surface area contributed by atoms with Crippen LogP contribution in [0.5, 0.6) is 0 Å². The number of carboxylic acids is 1. The fraction of sp³-hybridized carbons (Fsp3) is 0.323. The van der Waals surface area contributed by atoms with Crippen LogP contribution in [0, 0.1) is 19.8 Å². The number of carbonyl (C=O) groups excluding carboxylic acids is 1. The first kappa shape index (κ1) is 28.0. The lowest BCUT2D eigenvalue weighted by molar-refractivity contribution is -0.141. The Morgan fingerprint density at radius 1 is 1.07 bits per heavy atom. The molecule has 2 heterocycles. The van der Waals surface area contributed by atoms with Gasteiger partial charge in [-0.3, -0.25) is 14.4 Å². The number of aryl methyl sites for hydroxylation is 1. The smallest absolute Gasteiger partial charge is 0.306 e. The third-order valence-electron chi connectivity index (χ3n) is 7.57. The summed E-state index contributed by atoms with van der Waals surface area (Å²) in [6, 6.07) is 14.6. The van der Waals surface area contributed by atoms with E-state index in [2.05, 4.69) is 15.4 Å². The lowest BCUT2D eigenvalue weighted by Gasteiger charge is -2.21. The lowest BCUT2D eigenvalue weighted by Crippen LogP contribution is -2.29. The van der Waals surface area contributed by atoms with Gasteiger partial charge in [0, 0.05) is 16.9 Å². The number of anilines is 1. The van der Waals surface area contributed by atoms with Crippen LogP contribution in [0.4, 0.5) is 5.69 Å². The number of allylic oxidation sites excluding steroid dienone is 2. The summed E-state index contributed by atoms with van der Waals surface area (Å²) >= 11 is 0. The number of fused-ring (bicyclic) bond motifs is 1. The maximum atomic E-state index is 13.8. The number of carbonyl (C=O) groups is 2. The van der Waals surface area contributed by atoms with Gasteiger partial charge >= 0.3 is 5.97 Å². The third-order valence-corrected chi connectivity index (χ3v) is 7.57. The number of aliphatic hydroxyl groups is 1. The van der Waals surface area contributed by atoms with E-state index in [-0.39, 0.29) is 23.8 Å². The zero-order valence-corrected chi connectivity index (χ0v) is 23.5. The molecule has 2 aromatic heterocycles. The Balaban J connectivity index is 1.60. The van der Waals surface area contributed by atoms with Gasteiger partial charge in [-0.1, -0.05) is 48.0 Å². The molecule has 0 aliphatic heterocycles. The summed E-state index contributed by atoms with van der Waals surface area (Å²) in [4.78, 5) is 43.2. The van der Waals surface area contributed by atoms with Crippen LogP contribution in [0.25, 0.3) is 22.7 Å².